The number of aliphatic carboxylic acids is 2. The number of thioether (sulfide) groups is 1. The van der Waals surface area contributed by atoms with Crippen LogP contribution in [0.3, 0.4) is 0 Å². The molecule has 8 heteroatoms. The number of rotatable bonds is 7. The first kappa shape index (κ1) is 16.6. The Labute approximate surface area is 121 Å². The van der Waals surface area contributed by atoms with E-state index in [1.54, 1.807) is 0 Å². The number of urea groups is 1. The molecule has 1 aliphatic heterocycles. The number of carbonyl (C=O) groups is 3. The van der Waals surface area contributed by atoms with Gasteiger partial charge >= 0.3 is 18.0 Å². The molecule has 0 aromatic carbocycles. The molecule has 0 aromatic rings. The number of carboxylic acids is 2. The first-order valence-corrected chi connectivity index (χ1v) is 7.64. The van der Waals surface area contributed by atoms with Crippen LogP contribution in [0.2, 0.25) is 0 Å². The summed E-state index contributed by atoms with van der Waals surface area (Å²) in [6.07, 6.45) is 2.97. The van der Waals surface area contributed by atoms with Gasteiger partial charge in [-0.15, -0.1) is 0 Å². The van der Waals surface area contributed by atoms with Crippen LogP contribution in [0.4, 0.5) is 4.79 Å². The summed E-state index contributed by atoms with van der Waals surface area (Å²) < 4.78 is 0. The van der Waals surface area contributed by atoms with Gasteiger partial charge in [-0.2, -0.15) is 11.8 Å². The summed E-state index contributed by atoms with van der Waals surface area (Å²) >= 11 is 1.81. The number of carboxylic acid groups (broad SMARTS) is 2. The predicted octanol–water partition coefficient (Wildman–Crippen LogP) is 0.889. The largest absolute Gasteiger partial charge is 0.481 e. The number of hydrogen-bond donors (Lipinski definition) is 4. The van der Waals surface area contributed by atoms with Crippen molar-refractivity contribution in [3.8, 4) is 0 Å². The third-order valence-electron chi connectivity index (χ3n) is 3.01. The molecule has 0 spiro atoms. The molecular weight excluding hydrogens is 284 g/mol. The van der Waals surface area contributed by atoms with Gasteiger partial charge in [0.05, 0.1) is 0 Å². The minimum atomic E-state index is -1.23. The molecule has 0 saturated carbocycles. The Balaban J connectivity index is 2.29. The quantitative estimate of drug-likeness (QED) is 0.555. The molecule has 1 aliphatic rings. The summed E-state index contributed by atoms with van der Waals surface area (Å²) in [7, 11) is 0. The van der Waals surface area contributed by atoms with Gasteiger partial charge in [-0.3, -0.25) is 4.79 Å². The van der Waals surface area contributed by atoms with Gasteiger partial charge < -0.3 is 20.8 Å². The fraction of sp³-hybridized carbons (Fsp3) is 0.750. The second-order valence-electron chi connectivity index (χ2n) is 4.67. The van der Waals surface area contributed by atoms with Gasteiger partial charge in [-0.25, -0.2) is 9.59 Å². The molecular formula is C12H20N2O5S. The number of nitrogens with one attached hydrogen (secondary N) is 2. The summed E-state index contributed by atoms with van der Waals surface area (Å²) in [5.74, 6) is -1.23. The summed E-state index contributed by atoms with van der Waals surface area (Å²) in [5, 5.41) is 22.7. The van der Waals surface area contributed by atoms with Crippen LogP contribution < -0.4 is 10.6 Å². The van der Waals surface area contributed by atoms with Crippen LogP contribution >= 0.6 is 11.8 Å². The molecule has 2 amide bonds. The van der Waals surface area contributed by atoms with Crippen molar-refractivity contribution in [2.24, 2.45) is 0 Å². The van der Waals surface area contributed by atoms with Gasteiger partial charge in [0.2, 0.25) is 0 Å². The van der Waals surface area contributed by atoms with Gasteiger partial charge in [-0.05, 0) is 25.0 Å². The van der Waals surface area contributed by atoms with Crippen LogP contribution in [0, 0.1) is 0 Å². The maximum absolute atomic E-state index is 11.6. The average molecular weight is 304 g/mol. The lowest BCUT2D eigenvalue weighted by Crippen LogP contribution is -2.47. The van der Waals surface area contributed by atoms with Crippen molar-refractivity contribution in [1.29, 1.82) is 0 Å². The highest BCUT2D eigenvalue weighted by Gasteiger charge is 2.21. The number of carbonyl (C=O) groups excluding carboxylic acids is 1. The molecule has 0 aromatic heterocycles. The highest BCUT2D eigenvalue weighted by molar-refractivity contribution is 7.99. The maximum Gasteiger partial charge on any atom is 0.326 e. The SMILES string of the molecule is O=C(O)CC[C@H](NC(=O)NCC1CCCCS1)C(=O)O. The Hall–Kier alpha value is -1.44. The van der Waals surface area contributed by atoms with Crippen LogP contribution in [0.1, 0.15) is 32.1 Å². The Bertz CT molecular complexity index is 358. The second kappa shape index (κ2) is 8.68. The Morgan fingerprint density at radius 2 is 2.00 bits per heavy atom. The molecule has 1 unspecified atom stereocenters. The van der Waals surface area contributed by atoms with Crippen LogP contribution in [-0.4, -0.2) is 51.8 Å². The Morgan fingerprint density at radius 1 is 1.25 bits per heavy atom. The lowest BCUT2D eigenvalue weighted by atomic mass is 10.1. The predicted molar refractivity (Wildman–Crippen MR) is 74.9 cm³/mol. The van der Waals surface area contributed by atoms with E-state index in [1.165, 1.54) is 6.42 Å². The lowest BCUT2D eigenvalue weighted by Gasteiger charge is -2.22. The molecule has 1 rings (SSSR count). The van der Waals surface area contributed by atoms with Crippen molar-refractivity contribution in [2.45, 2.75) is 43.4 Å². The monoisotopic (exact) mass is 304 g/mol. The molecule has 2 atom stereocenters. The molecule has 1 fully saturated rings. The van der Waals surface area contributed by atoms with Gasteiger partial charge in [0.1, 0.15) is 6.04 Å². The van der Waals surface area contributed by atoms with Crippen LogP contribution in [0.15, 0.2) is 0 Å². The van der Waals surface area contributed by atoms with E-state index in [4.69, 9.17) is 10.2 Å². The zero-order chi connectivity index (χ0) is 15.0. The topological polar surface area (TPSA) is 116 Å². The average Bonchev–Trinajstić information content (AvgIpc) is 2.41. The molecule has 0 aliphatic carbocycles. The fourth-order valence-corrected chi connectivity index (χ4v) is 3.15. The van der Waals surface area contributed by atoms with E-state index in [-0.39, 0.29) is 12.8 Å². The molecule has 1 heterocycles. The van der Waals surface area contributed by atoms with Crippen molar-refractivity contribution in [2.75, 3.05) is 12.3 Å². The summed E-state index contributed by atoms with van der Waals surface area (Å²) in [6, 6.07) is -1.74. The second-order valence-corrected chi connectivity index (χ2v) is 6.07. The lowest BCUT2D eigenvalue weighted by molar-refractivity contribution is -0.140. The minimum absolute atomic E-state index is 0.129. The molecule has 20 heavy (non-hydrogen) atoms. The zero-order valence-electron chi connectivity index (χ0n) is 11.1. The third-order valence-corrected chi connectivity index (χ3v) is 4.41. The van der Waals surface area contributed by atoms with Gasteiger partial charge in [0.25, 0.3) is 0 Å². The number of amides is 2. The van der Waals surface area contributed by atoms with Crippen molar-refractivity contribution >= 4 is 29.7 Å². The highest BCUT2D eigenvalue weighted by Crippen LogP contribution is 2.24. The minimum Gasteiger partial charge on any atom is -0.481 e. The van der Waals surface area contributed by atoms with Crippen molar-refractivity contribution in [3.05, 3.63) is 0 Å². The van der Waals surface area contributed by atoms with E-state index in [0.717, 1.165) is 18.6 Å². The van der Waals surface area contributed by atoms with Gasteiger partial charge in [0.15, 0.2) is 0 Å². The summed E-state index contributed by atoms with van der Waals surface area (Å²) in [4.78, 5) is 32.9. The standard InChI is InChI=1S/C12H20N2O5S/c15-10(16)5-4-9(11(17)18)14-12(19)13-7-8-3-1-2-6-20-8/h8-9H,1-7H2,(H,15,16)(H,17,18)(H2,13,14,19)/t8?,9-/m0/s1. The Kier molecular flexibility index (Phi) is 7.21. The van der Waals surface area contributed by atoms with E-state index >= 15 is 0 Å². The molecule has 4 N–H and O–H groups in total. The van der Waals surface area contributed by atoms with Crippen molar-refractivity contribution < 1.29 is 24.6 Å². The highest BCUT2D eigenvalue weighted by atomic mass is 32.2. The van der Waals surface area contributed by atoms with E-state index in [2.05, 4.69) is 10.6 Å². The summed E-state index contributed by atoms with van der Waals surface area (Å²) in [6.45, 7) is 0.502. The van der Waals surface area contributed by atoms with Crippen LogP contribution in [-0.2, 0) is 9.59 Å². The molecule has 114 valence electrons. The smallest absolute Gasteiger partial charge is 0.326 e. The normalized spacial score (nSPS) is 19.9. The van der Waals surface area contributed by atoms with E-state index in [1.807, 2.05) is 11.8 Å². The molecule has 0 bridgehead atoms. The van der Waals surface area contributed by atoms with Gasteiger partial charge in [-0.1, -0.05) is 6.42 Å². The first-order valence-electron chi connectivity index (χ1n) is 6.59. The molecule has 1 saturated heterocycles. The Morgan fingerprint density at radius 3 is 2.55 bits per heavy atom. The molecule has 0 radical (unpaired) electrons. The maximum atomic E-state index is 11.6. The van der Waals surface area contributed by atoms with Gasteiger partial charge in [0, 0.05) is 18.2 Å². The zero-order valence-corrected chi connectivity index (χ0v) is 11.9. The van der Waals surface area contributed by atoms with E-state index in [9.17, 15) is 14.4 Å². The van der Waals surface area contributed by atoms with Crippen LogP contribution in [0.25, 0.3) is 0 Å². The first-order chi connectivity index (χ1) is 9.49. The van der Waals surface area contributed by atoms with E-state index in [0.29, 0.717) is 11.8 Å². The fourth-order valence-electron chi connectivity index (χ4n) is 1.91. The third kappa shape index (κ3) is 6.65. The van der Waals surface area contributed by atoms with E-state index < -0.39 is 24.0 Å². The van der Waals surface area contributed by atoms with Crippen LogP contribution in [0.5, 0.6) is 0 Å². The van der Waals surface area contributed by atoms with Crippen molar-refractivity contribution in [3.63, 3.8) is 0 Å². The summed E-state index contributed by atoms with van der Waals surface area (Å²) in [5.41, 5.74) is 0. The van der Waals surface area contributed by atoms with Crippen molar-refractivity contribution in [1.82, 2.24) is 10.6 Å². The number of hydrogen-bond acceptors (Lipinski definition) is 4. The molecule has 7 nitrogen and oxygen atoms in total.